The van der Waals surface area contributed by atoms with E-state index in [-0.39, 0.29) is 0 Å². The third-order valence-corrected chi connectivity index (χ3v) is 4.50. The van der Waals surface area contributed by atoms with Crippen LogP contribution in [0.2, 0.25) is 0 Å². The third kappa shape index (κ3) is 5.17. The zero-order chi connectivity index (χ0) is 14.5. The number of hydrogen-bond donors (Lipinski definition) is 1. The third-order valence-electron chi connectivity index (χ3n) is 3.37. The van der Waals surface area contributed by atoms with E-state index in [9.17, 15) is 8.42 Å². The van der Waals surface area contributed by atoms with Crippen LogP contribution < -0.4 is 5.32 Å². The molecule has 3 nitrogen and oxygen atoms in total. The van der Waals surface area contributed by atoms with Crippen LogP contribution in [0.15, 0.2) is 41.8 Å². The van der Waals surface area contributed by atoms with E-state index in [1.165, 1.54) is 6.26 Å². The summed E-state index contributed by atoms with van der Waals surface area (Å²) < 4.78 is 22.7. The number of benzene rings is 1. The van der Waals surface area contributed by atoms with Gasteiger partial charge in [-0.2, -0.15) is 0 Å². The Balaban J connectivity index is 2.57. The fraction of sp³-hybridized carbons (Fsp3) is 0.467. The smallest absolute Gasteiger partial charge is 0.175 e. The van der Waals surface area contributed by atoms with E-state index < -0.39 is 9.84 Å². The van der Waals surface area contributed by atoms with Crippen molar-refractivity contribution in [3.8, 4) is 0 Å². The molecule has 2 unspecified atom stereocenters. The van der Waals surface area contributed by atoms with Crippen LogP contribution in [0.3, 0.4) is 0 Å². The van der Waals surface area contributed by atoms with Gasteiger partial charge in [-0.05, 0) is 37.0 Å². The highest BCUT2D eigenvalue weighted by Gasteiger charge is 2.10. The maximum Gasteiger partial charge on any atom is 0.175 e. The van der Waals surface area contributed by atoms with Crippen LogP contribution in [0.5, 0.6) is 0 Å². The van der Waals surface area contributed by atoms with Crippen LogP contribution >= 0.6 is 0 Å². The van der Waals surface area contributed by atoms with Crippen molar-refractivity contribution in [2.45, 2.75) is 37.8 Å². The van der Waals surface area contributed by atoms with Gasteiger partial charge in [-0.3, -0.25) is 0 Å². The molecule has 0 saturated heterocycles. The Kier molecular flexibility index (Phi) is 5.76. The first-order valence-corrected chi connectivity index (χ1v) is 8.37. The lowest BCUT2D eigenvalue weighted by molar-refractivity contribution is 0.402. The first-order chi connectivity index (χ1) is 8.84. The highest BCUT2D eigenvalue weighted by molar-refractivity contribution is 7.90. The van der Waals surface area contributed by atoms with Crippen molar-refractivity contribution in [1.29, 1.82) is 0 Å². The highest BCUT2D eigenvalue weighted by atomic mass is 32.2. The Morgan fingerprint density at radius 2 is 1.84 bits per heavy atom. The number of rotatable bonds is 7. The van der Waals surface area contributed by atoms with E-state index in [1.54, 1.807) is 12.1 Å². The van der Waals surface area contributed by atoms with Gasteiger partial charge in [0.05, 0.1) is 4.90 Å². The number of nitrogens with one attached hydrogen (secondary N) is 1. The molecule has 0 spiro atoms. The number of allylic oxidation sites excluding steroid dienone is 1. The Morgan fingerprint density at radius 1 is 1.26 bits per heavy atom. The Morgan fingerprint density at radius 3 is 2.32 bits per heavy atom. The summed E-state index contributed by atoms with van der Waals surface area (Å²) in [6.07, 6.45) is 4.14. The van der Waals surface area contributed by atoms with Crippen LogP contribution in [-0.4, -0.2) is 20.7 Å². The van der Waals surface area contributed by atoms with E-state index in [0.717, 1.165) is 18.5 Å². The second-order valence-corrected chi connectivity index (χ2v) is 7.10. The van der Waals surface area contributed by atoms with Gasteiger partial charge in [-0.15, -0.1) is 6.58 Å². The molecule has 1 aromatic rings. The monoisotopic (exact) mass is 281 g/mol. The Hall–Kier alpha value is -1.13. The van der Waals surface area contributed by atoms with E-state index in [1.807, 2.05) is 18.2 Å². The van der Waals surface area contributed by atoms with Gasteiger partial charge in [-0.25, -0.2) is 8.42 Å². The molecule has 106 valence electrons. The molecule has 0 aliphatic carbocycles. The standard InChI is InChI=1S/C15H23NO2S/c1-5-6-12(2)13(3)16-11-14-7-9-15(10-8-14)19(4,17)18/h5,7-10,12-13,16H,1,6,11H2,2-4H3. The van der Waals surface area contributed by atoms with Crippen LogP contribution in [0.1, 0.15) is 25.8 Å². The van der Waals surface area contributed by atoms with Gasteiger partial charge in [0.2, 0.25) is 0 Å². The second kappa shape index (κ2) is 6.87. The van der Waals surface area contributed by atoms with Crippen LogP contribution in [0.4, 0.5) is 0 Å². The summed E-state index contributed by atoms with van der Waals surface area (Å²) >= 11 is 0. The van der Waals surface area contributed by atoms with Gasteiger partial charge < -0.3 is 5.32 Å². The summed E-state index contributed by atoms with van der Waals surface area (Å²) in [5.74, 6) is 0.535. The van der Waals surface area contributed by atoms with Crippen molar-refractivity contribution in [3.05, 3.63) is 42.5 Å². The lowest BCUT2D eigenvalue weighted by atomic mass is 10.00. The molecule has 1 N–H and O–H groups in total. The van der Waals surface area contributed by atoms with Gasteiger partial charge >= 0.3 is 0 Å². The van der Waals surface area contributed by atoms with Crippen molar-refractivity contribution in [2.75, 3.05) is 6.26 Å². The Bertz CT molecular complexity index is 505. The van der Waals surface area contributed by atoms with Crippen molar-refractivity contribution >= 4 is 9.84 Å². The molecule has 0 fully saturated rings. The number of sulfone groups is 1. The zero-order valence-electron chi connectivity index (χ0n) is 11.9. The molecule has 0 radical (unpaired) electrons. The molecule has 0 amide bonds. The van der Waals surface area contributed by atoms with Crippen LogP contribution in [0.25, 0.3) is 0 Å². The van der Waals surface area contributed by atoms with Crippen LogP contribution in [0, 0.1) is 5.92 Å². The van der Waals surface area contributed by atoms with E-state index in [2.05, 4.69) is 25.7 Å². The summed E-state index contributed by atoms with van der Waals surface area (Å²) in [4.78, 5) is 0.365. The molecule has 0 bridgehead atoms. The van der Waals surface area contributed by atoms with Gasteiger partial charge in [0.25, 0.3) is 0 Å². The molecule has 0 aliphatic heterocycles. The summed E-state index contributed by atoms with van der Waals surface area (Å²) in [5.41, 5.74) is 1.09. The van der Waals surface area contributed by atoms with Crippen molar-refractivity contribution < 1.29 is 8.42 Å². The predicted octanol–water partition coefficient (Wildman–Crippen LogP) is 2.78. The molecule has 1 rings (SSSR count). The number of hydrogen-bond acceptors (Lipinski definition) is 3. The zero-order valence-corrected chi connectivity index (χ0v) is 12.7. The first-order valence-electron chi connectivity index (χ1n) is 6.48. The quantitative estimate of drug-likeness (QED) is 0.782. The predicted molar refractivity (Wildman–Crippen MR) is 79.8 cm³/mol. The first kappa shape index (κ1) is 15.9. The maximum atomic E-state index is 11.3. The topological polar surface area (TPSA) is 46.2 Å². The van der Waals surface area contributed by atoms with E-state index in [0.29, 0.717) is 16.9 Å². The lowest BCUT2D eigenvalue weighted by Gasteiger charge is -2.20. The van der Waals surface area contributed by atoms with Gasteiger partial charge in [0, 0.05) is 18.8 Å². The fourth-order valence-electron chi connectivity index (χ4n) is 1.80. The summed E-state index contributed by atoms with van der Waals surface area (Å²) in [7, 11) is -3.10. The normalized spacial score (nSPS) is 14.9. The molecule has 4 heteroatoms. The van der Waals surface area contributed by atoms with E-state index >= 15 is 0 Å². The fourth-order valence-corrected chi connectivity index (χ4v) is 2.43. The van der Waals surface area contributed by atoms with Gasteiger partial charge in [0.1, 0.15) is 0 Å². The average Bonchev–Trinajstić information content (AvgIpc) is 2.35. The minimum absolute atomic E-state index is 0.365. The molecule has 0 aliphatic rings. The van der Waals surface area contributed by atoms with Crippen molar-refractivity contribution in [3.63, 3.8) is 0 Å². The average molecular weight is 281 g/mol. The summed E-state index contributed by atoms with van der Waals surface area (Å²) in [6, 6.07) is 7.42. The van der Waals surface area contributed by atoms with Gasteiger partial charge in [0.15, 0.2) is 9.84 Å². The summed E-state index contributed by atoms with van der Waals surface area (Å²) in [6.45, 7) is 8.83. The van der Waals surface area contributed by atoms with Crippen molar-refractivity contribution in [1.82, 2.24) is 5.32 Å². The molecule has 2 atom stereocenters. The molecule has 0 saturated carbocycles. The SMILES string of the molecule is C=CCC(C)C(C)NCc1ccc(S(C)(=O)=O)cc1. The minimum atomic E-state index is -3.10. The molecule has 0 aromatic heterocycles. The maximum absolute atomic E-state index is 11.3. The molecular formula is C15H23NO2S. The summed E-state index contributed by atoms with van der Waals surface area (Å²) in [5, 5.41) is 3.44. The van der Waals surface area contributed by atoms with Crippen LogP contribution in [-0.2, 0) is 16.4 Å². The highest BCUT2D eigenvalue weighted by Crippen LogP contribution is 2.12. The van der Waals surface area contributed by atoms with E-state index in [4.69, 9.17) is 0 Å². The molecule has 19 heavy (non-hydrogen) atoms. The second-order valence-electron chi connectivity index (χ2n) is 5.09. The minimum Gasteiger partial charge on any atom is -0.310 e. The molecular weight excluding hydrogens is 258 g/mol. The van der Waals surface area contributed by atoms with Gasteiger partial charge in [-0.1, -0.05) is 25.1 Å². The largest absolute Gasteiger partial charge is 0.310 e. The Labute approximate surface area is 116 Å². The molecule has 0 heterocycles. The lowest BCUT2D eigenvalue weighted by Crippen LogP contribution is -2.31. The van der Waals surface area contributed by atoms with Crippen molar-refractivity contribution in [2.24, 2.45) is 5.92 Å². The molecule has 1 aromatic carbocycles.